The van der Waals surface area contributed by atoms with E-state index in [-0.39, 0.29) is 0 Å². The van der Waals surface area contributed by atoms with E-state index in [0.717, 1.165) is 23.9 Å². The highest BCUT2D eigenvalue weighted by Crippen LogP contribution is 2.33. The van der Waals surface area contributed by atoms with E-state index in [0.29, 0.717) is 41.0 Å². The van der Waals surface area contributed by atoms with Crippen molar-refractivity contribution >= 4 is 23.3 Å². The molecular formula is C25H23N5O2. The number of nitriles is 1. The number of nitrogens with zero attached hydrogens (tertiary/aromatic N) is 5. The van der Waals surface area contributed by atoms with Crippen LogP contribution in [0.2, 0.25) is 0 Å². The number of imidazole rings is 1. The van der Waals surface area contributed by atoms with Crippen molar-refractivity contribution in [3.63, 3.8) is 0 Å². The summed E-state index contributed by atoms with van der Waals surface area (Å²) in [7, 11) is 1.64. The fraction of sp³-hybridized carbons (Fsp3) is 0.200. The van der Waals surface area contributed by atoms with E-state index in [1.807, 2.05) is 47.1 Å². The van der Waals surface area contributed by atoms with Gasteiger partial charge in [0.25, 0.3) is 0 Å². The molecule has 0 amide bonds. The molecule has 0 aliphatic rings. The van der Waals surface area contributed by atoms with Gasteiger partial charge in [-0.3, -0.25) is 4.57 Å². The average Bonchev–Trinajstić information content (AvgIpc) is 3.21. The van der Waals surface area contributed by atoms with Gasteiger partial charge >= 0.3 is 0 Å². The second kappa shape index (κ2) is 9.75. The topological polar surface area (TPSA) is 85.9 Å². The van der Waals surface area contributed by atoms with Crippen LogP contribution in [0.25, 0.3) is 29.1 Å². The smallest absolute Gasteiger partial charge is 0.168 e. The first-order chi connectivity index (χ1) is 15.7. The van der Waals surface area contributed by atoms with Crippen LogP contribution in [-0.4, -0.2) is 33.2 Å². The molecule has 0 bridgehead atoms. The average molecular weight is 425 g/mol. The van der Waals surface area contributed by atoms with Gasteiger partial charge in [0, 0.05) is 18.0 Å². The van der Waals surface area contributed by atoms with Crippen LogP contribution in [0, 0.1) is 11.3 Å². The molecule has 3 heterocycles. The summed E-state index contributed by atoms with van der Waals surface area (Å²) >= 11 is 0. The van der Waals surface area contributed by atoms with Gasteiger partial charge in [-0.15, -0.1) is 0 Å². The molecule has 7 heteroatoms. The minimum atomic E-state index is 0.494. The fourth-order valence-electron chi connectivity index (χ4n) is 3.31. The third-order valence-electron chi connectivity index (χ3n) is 4.93. The van der Waals surface area contributed by atoms with Crippen LogP contribution < -0.4 is 9.47 Å². The highest BCUT2D eigenvalue weighted by Gasteiger charge is 2.14. The molecule has 32 heavy (non-hydrogen) atoms. The van der Waals surface area contributed by atoms with Gasteiger partial charge in [0.15, 0.2) is 17.1 Å². The summed E-state index contributed by atoms with van der Waals surface area (Å²) < 4.78 is 13.4. The molecule has 0 saturated heterocycles. The molecule has 0 spiro atoms. The van der Waals surface area contributed by atoms with Gasteiger partial charge in [-0.05, 0) is 48.9 Å². The number of benzene rings is 1. The van der Waals surface area contributed by atoms with Gasteiger partial charge in [0.1, 0.15) is 23.2 Å². The molecule has 0 saturated carbocycles. The number of pyridine rings is 2. The van der Waals surface area contributed by atoms with Gasteiger partial charge in [-0.1, -0.05) is 25.5 Å². The summed E-state index contributed by atoms with van der Waals surface area (Å²) in [6, 6.07) is 15.2. The maximum absolute atomic E-state index is 9.09. The molecule has 4 rings (SSSR count). The van der Waals surface area contributed by atoms with Gasteiger partial charge in [-0.25, -0.2) is 15.0 Å². The summed E-state index contributed by atoms with van der Waals surface area (Å²) in [5.41, 5.74) is 2.83. The van der Waals surface area contributed by atoms with E-state index in [9.17, 15) is 0 Å². The van der Waals surface area contributed by atoms with Crippen LogP contribution in [0.5, 0.6) is 11.5 Å². The van der Waals surface area contributed by atoms with Crippen LogP contribution in [0.1, 0.15) is 36.7 Å². The van der Waals surface area contributed by atoms with Crippen LogP contribution in [0.15, 0.2) is 54.9 Å². The molecular weight excluding hydrogens is 402 g/mol. The normalized spacial score (nSPS) is 11.0. The Morgan fingerprint density at radius 1 is 1.09 bits per heavy atom. The first-order valence-electron chi connectivity index (χ1n) is 10.4. The first-order valence-corrected chi connectivity index (χ1v) is 10.4. The number of rotatable bonds is 8. The summed E-state index contributed by atoms with van der Waals surface area (Å²) in [6.07, 6.45) is 9.13. The Balaban J connectivity index is 1.77. The maximum atomic E-state index is 9.09. The van der Waals surface area contributed by atoms with Crippen molar-refractivity contribution in [3.8, 4) is 23.4 Å². The Bertz CT molecular complexity index is 1290. The third-order valence-corrected chi connectivity index (χ3v) is 4.93. The maximum Gasteiger partial charge on any atom is 0.168 e. The number of ether oxygens (including phenoxy) is 2. The summed E-state index contributed by atoms with van der Waals surface area (Å²) in [5, 5.41) is 9.09. The minimum absolute atomic E-state index is 0.494. The van der Waals surface area contributed by atoms with E-state index in [2.05, 4.69) is 23.0 Å². The molecule has 0 unspecified atom stereocenters. The number of methoxy groups -OCH3 is 1. The van der Waals surface area contributed by atoms with Gasteiger partial charge < -0.3 is 9.47 Å². The third kappa shape index (κ3) is 4.30. The molecule has 0 fully saturated rings. The molecule has 1 aromatic carbocycles. The van der Waals surface area contributed by atoms with E-state index in [1.54, 1.807) is 31.6 Å². The van der Waals surface area contributed by atoms with Crippen LogP contribution in [-0.2, 0) is 0 Å². The molecule has 0 atom stereocenters. The number of fused-ring (bicyclic) bond motifs is 1. The quantitative estimate of drug-likeness (QED) is 0.367. The fourth-order valence-corrected chi connectivity index (χ4v) is 3.31. The zero-order valence-corrected chi connectivity index (χ0v) is 18.0. The summed E-state index contributed by atoms with van der Waals surface area (Å²) in [4.78, 5) is 13.7. The van der Waals surface area contributed by atoms with Gasteiger partial charge in [-0.2, -0.15) is 5.26 Å². The van der Waals surface area contributed by atoms with Crippen molar-refractivity contribution in [3.05, 3.63) is 71.8 Å². The number of aromatic nitrogens is 4. The lowest BCUT2D eigenvalue weighted by Gasteiger charge is -2.13. The van der Waals surface area contributed by atoms with Crippen LogP contribution in [0.3, 0.4) is 0 Å². The zero-order chi connectivity index (χ0) is 22.3. The van der Waals surface area contributed by atoms with Crippen LogP contribution >= 0.6 is 0 Å². The van der Waals surface area contributed by atoms with Crippen molar-refractivity contribution in [2.24, 2.45) is 0 Å². The lowest BCUT2D eigenvalue weighted by atomic mass is 10.1. The Labute approximate surface area is 186 Å². The van der Waals surface area contributed by atoms with Crippen molar-refractivity contribution < 1.29 is 9.47 Å². The molecule has 0 aliphatic carbocycles. The SMILES string of the molecule is CCCCOc1c(/C=C/c2nc3cccnc3n2-c2ccc(C#N)cn2)cccc1OC. The Kier molecular flexibility index (Phi) is 6.42. The molecule has 0 aliphatic heterocycles. The predicted octanol–water partition coefficient (Wildman–Crippen LogP) is 5.05. The number of hydrogen-bond acceptors (Lipinski definition) is 6. The van der Waals surface area contributed by atoms with E-state index in [1.165, 1.54) is 0 Å². The lowest BCUT2D eigenvalue weighted by molar-refractivity contribution is 0.287. The van der Waals surface area contributed by atoms with Crippen molar-refractivity contribution in [1.29, 1.82) is 5.26 Å². The lowest BCUT2D eigenvalue weighted by Crippen LogP contribution is -2.02. The monoisotopic (exact) mass is 425 g/mol. The number of para-hydroxylation sites is 1. The second-order valence-electron chi connectivity index (χ2n) is 7.08. The first kappa shape index (κ1) is 21.1. The summed E-state index contributed by atoms with van der Waals surface area (Å²) in [6.45, 7) is 2.75. The Morgan fingerprint density at radius 2 is 2.00 bits per heavy atom. The molecule has 160 valence electrons. The Morgan fingerprint density at radius 3 is 2.75 bits per heavy atom. The standard InChI is InChI=1S/C25H23N5O2/c1-3-4-15-32-24-19(7-5-9-21(24)31-2)11-13-23-29-20-8-6-14-27-25(20)30(23)22-12-10-18(16-26)17-28-22/h5-14,17H,3-4,15H2,1-2H3/b13-11+. The van der Waals surface area contributed by atoms with Gasteiger partial charge in [0.05, 0.1) is 19.3 Å². The van der Waals surface area contributed by atoms with E-state index in [4.69, 9.17) is 19.7 Å². The second-order valence-corrected chi connectivity index (χ2v) is 7.08. The molecule has 3 aromatic heterocycles. The molecule has 7 nitrogen and oxygen atoms in total. The molecule has 0 N–H and O–H groups in total. The van der Waals surface area contributed by atoms with Crippen LogP contribution in [0.4, 0.5) is 0 Å². The molecule has 0 radical (unpaired) electrons. The minimum Gasteiger partial charge on any atom is -0.493 e. The van der Waals surface area contributed by atoms with Crippen molar-refractivity contribution in [2.75, 3.05) is 13.7 Å². The number of hydrogen-bond donors (Lipinski definition) is 0. The number of unbranched alkanes of at least 4 members (excludes halogenated alkanes) is 1. The van der Waals surface area contributed by atoms with Gasteiger partial charge in [0.2, 0.25) is 0 Å². The summed E-state index contributed by atoms with van der Waals surface area (Å²) in [5.74, 6) is 2.69. The van der Waals surface area contributed by atoms with E-state index < -0.39 is 0 Å². The largest absolute Gasteiger partial charge is 0.493 e. The van der Waals surface area contributed by atoms with Crippen molar-refractivity contribution in [2.45, 2.75) is 19.8 Å². The molecule has 4 aromatic rings. The predicted molar refractivity (Wildman–Crippen MR) is 124 cm³/mol. The zero-order valence-electron chi connectivity index (χ0n) is 18.0. The highest BCUT2D eigenvalue weighted by atomic mass is 16.5. The highest BCUT2D eigenvalue weighted by molar-refractivity contribution is 5.80. The Hall–Kier alpha value is -4.18. The van der Waals surface area contributed by atoms with E-state index >= 15 is 0 Å². The van der Waals surface area contributed by atoms with Crippen molar-refractivity contribution in [1.82, 2.24) is 19.5 Å².